The Morgan fingerprint density at radius 2 is 2.00 bits per heavy atom. The summed E-state index contributed by atoms with van der Waals surface area (Å²) in [5.74, 6) is 0. The molecule has 4 heteroatoms. The van der Waals surface area contributed by atoms with Crippen LogP contribution >= 0.6 is 24.0 Å². The number of thioether (sulfide) groups is 1. The molecule has 1 saturated carbocycles. The van der Waals surface area contributed by atoms with Gasteiger partial charge in [-0.2, -0.15) is 11.8 Å². The lowest BCUT2D eigenvalue weighted by Gasteiger charge is -2.30. The van der Waals surface area contributed by atoms with Crippen molar-refractivity contribution in [3.63, 3.8) is 0 Å². The Labute approximate surface area is 125 Å². The molecule has 0 bridgehead atoms. The van der Waals surface area contributed by atoms with Gasteiger partial charge in [0.1, 0.15) is 4.99 Å². The van der Waals surface area contributed by atoms with Gasteiger partial charge in [-0.25, -0.2) is 0 Å². The van der Waals surface area contributed by atoms with E-state index in [2.05, 4.69) is 24.6 Å². The molecule has 0 atom stereocenters. The van der Waals surface area contributed by atoms with Crippen LogP contribution in [0.2, 0.25) is 0 Å². The molecular formula is C15H22N2S2. The third-order valence-corrected chi connectivity index (χ3v) is 5.25. The Morgan fingerprint density at radius 3 is 2.58 bits per heavy atom. The highest BCUT2D eigenvalue weighted by molar-refractivity contribution is 7.99. The van der Waals surface area contributed by atoms with Crippen LogP contribution in [0.1, 0.15) is 36.8 Å². The van der Waals surface area contributed by atoms with Crippen LogP contribution in [0.25, 0.3) is 0 Å². The van der Waals surface area contributed by atoms with Crippen molar-refractivity contribution in [2.24, 2.45) is 5.73 Å². The number of para-hydroxylation sites is 1. The van der Waals surface area contributed by atoms with Crippen LogP contribution in [0, 0.1) is 6.92 Å². The first-order valence-electron chi connectivity index (χ1n) is 6.80. The monoisotopic (exact) mass is 294 g/mol. The molecule has 0 heterocycles. The summed E-state index contributed by atoms with van der Waals surface area (Å²) in [5, 5.41) is 4.50. The van der Waals surface area contributed by atoms with Crippen molar-refractivity contribution in [1.82, 2.24) is 0 Å². The van der Waals surface area contributed by atoms with Gasteiger partial charge in [-0.3, -0.25) is 0 Å². The predicted octanol–water partition coefficient (Wildman–Crippen LogP) is 3.72. The number of nitrogens with two attached hydrogens (primary N) is 1. The van der Waals surface area contributed by atoms with Crippen LogP contribution < -0.4 is 11.1 Å². The Balaban J connectivity index is 2.09. The first-order chi connectivity index (χ1) is 9.11. The topological polar surface area (TPSA) is 38.0 Å². The number of benzene rings is 1. The summed E-state index contributed by atoms with van der Waals surface area (Å²) in [6, 6.07) is 6.68. The summed E-state index contributed by atoms with van der Waals surface area (Å²) in [6.45, 7) is 2.11. The van der Waals surface area contributed by atoms with Gasteiger partial charge in [0.05, 0.1) is 0 Å². The van der Waals surface area contributed by atoms with E-state index in [1.54, 1.807) is 0 Å². The summed E-state index contributed by atoms with van der Waals surface area (Å²) >= 11 is 7.15. The van der Waals surface area contributed by atoms with E-state index >= 15 is 0 Å². The molecule has 0 spiro atoms. The maximum absolute atomic E-state index is 5.82. The Hall–Kier alpha value is -0.740. The summed E-state index contributed by atoms with van der Waals surface area (Å²) in [7, 11) is 0. The van der Waals surface area contributed by atoms with Crippen LogP contribution in [0.15, 0.2) is 18.2 Å². The second-order valence-corrected chi connectivity index (χ2v) is 6.79. The molecule has 1 aromatic rings. The fraction of sp³-hybridized carbons (Fsp3) is 0.533. The molecule has 1 aromatic carbocycles. The van der Waals surface area contributed by atoms with Crippen LogP contribution in [0.4, 0.5) is 5.69 Å². The SMILES string of the molecule is CSC1CCC(Nc2c(C)cccc2C(N)=S)CC1. The average Bonchev–Trinajstić information content (AvgIpc) is 2.41. The Kier molecular flexibility index (Phi) is 5.11. The first-order valence-corrected chi connectivity index (χ1v) is 8.50. The van der Waals surface area contributed by atoms with Gasteiger partial charge in [-0.15, -0.1) is 0 Å². The van der Waals surface area contributed by atoms with E-state index in [4.69, 9.17) is 18.0 Å². The van der Waals surface area contributed by atoms with Crippen molar-refractivity contribution in [3.8, 4) is 0 Å². The highest BCUT2D eigenvalue weighted by Crippen LogP contribution is 2.30. The van der Waals surface area contributed by atoms with E-state index in [0.717, 1.165) is 16.5 Å². The van der Waals surface area contributed by atoms with Crippen molar-refractivity contribution < 1.29 is 0 Å². The van der Waals surface area contributed by atoms with E-state index in [0.29, 0.717) is 11.0 Å². The normalized spacial score (nSPS) is 23.1. The standard InChI is InChI=1S/C15H22N2S2/c1-10-4-3-5-13(15(16)18)14(10)17-11-6-8-12(19-2)9-7-11/h3-5,11-12,17H,6-9H2,1-2H3,(H2,16,18). The third kappa shape index (κ3) is 3.63. The van der Waals surface area contributed by atoms with Gasteiger partial charge >= 0.3 is 0 Å². The third-order valence-electron chi connectivity index (χ3n) is 3.89. The van der Waals surface area contributed by atoms with Gasteiger partial charge in [0.25, 0.3) is 0 Å². The minimum atomic E-state index is 0.476. The maximum Gasteiger partial charge on any atom is 0.106 e. The fourth-order valence-electron chi connectivity index (χ4n) is 2.71. The zero-order chi connectivity index (χ0) is 13.8. The van der Waals surface area contributed by atoms with Gasteiger partial charge < -0.3 is 11.1 Å². The number of anilines is 1. The quantitative estimate of drug-likeness (QED) is 0.830. The van der Waals surface area contributed by atoms with E-state index in [1.165, 1.54) is 31.2 Å². The predicted molar refractivity (Wildman–Crippen MR) is 90.2 cm³/mol. The van der Waals surface area contributed by atoms with Crippen molar-refractivity contribution in [1.29, 1.82) is 0 Å². The number of hydrogen-bond donors (Lipinski definition) is 2. The molecule has 0 amide bonds. The lowest BCUT2D eigenvalue weighted by atomic mass is 9.94. The number of aryl methyl sites for hydroxylation is 1. The van der Waals surface area contributed by atoms with Crippen LogP contribution in [-0.4, -0.2) is 22.5 Å². The lowest BCUT2D eigenvalue weighted by molar-refractivity contribution is 0.473. The molecule has 0 aliphatic heterocycles. The number of rotatable bonds is 4. The lowest BCUT2D eigenvalue weighted by Crippen LogP contribution is -2.28. The summed E-state index contributed by atoms with van der Waals surface area (Å²) in [6.07, 6.45) is 7.28. The van der Waals surface area contributed by atoms with Gasteiger partial charge in [-0.1, -0.05) is 24.4 Å². The number of hydrogen-bond acceptors (Lipinski definition) is 3. The average molecular weight is 294 g/mol. The molecule has 0 aromatic heterocycles. The number of nitrogens with one attached hydrogen (secondary N) is 1. The van der Waals surface area contributed by atoms with Gasteiger partial charge in [-0.05, 0) is 50.5 Å². The molecule has 19 heavy (non-hydrogen) atoms. The van der Waals surface area contributed by atoms with Crippen LogP contribution in [0.5, 0.6) is 0 Å². The van der Waals surface area contributed by atoms with Crippen molar-refractivity contribution >= 4 is 34.7 Å². The minimum Gasteiger partial charge on any atom is -0.389 e. The molecule has 104 valence electrons. The molecule has 1 aliphatic carbocycles. The Bertz CT molecular complexity index is 451. The Morgan fingerprint density at radius 1 is 1.32 bits per heavy atom. The second-order valence-electron chi connectivity index (χ2n) is 5.22. The highest BCUT2D eigenvalue weighted by Gasteiger charge is 2.21. The maximum atomic E-state index is 5.82. The summed E-state index contributed by atoms with van der Waals surface area (Å²) in [4.78, 5) is 0.476. The van der Waals surface area contributed by atoms with E-state index in [-0.39, 0.29) is 0 Å². The molecule has 0 unspecified atom stereocenters. The van der Waals surface area contributed by atoms with Crippen molar-refractivity contribution in [2.75, 3.05) is 11.6 Å². The zero-order valence-electron chi connectivity index (χ0n) is 11.6. The fourth-order valence-corrected chi connectivity index (χ4v) is 3.63. The molecule has 2 rings (SSSR count). The van der Waals surface area contributed by atoms with Gasteiger partial charge in [0, 0.05) is 22.5 Å². The molecule has 1 aliphatic rings. The molecule has 3 N–H and O–H groups in total. The largest absolute Gasteiger partial charge is 0.389 e. The van der Waals surface area contributed by atoms with Gasteiger partial charge in [0.15, 0.2) is 0 Å². The van der Waals surface area contributed by atoms with Crippen molar-refractivity contribution in [2.45, 2.75) is 43.9 Å². The van der Waals surface area contributed by atoms with E-state index in [9.17, 15) is 0 Å². The summed E-state index contributed by atoms with van der Waals surface area (Å²) < 4.78 is 0. The zero-order valence-corrected chi connectivity index (χ0v) is 13.2. The molecule has 2 nitrogen and oxygen atoms in total. The van der Waals surface area contributed by atoms with Crippen LogP contribution in [0.3, 0.4) is 0 Å². The smallest absolute Gasteiger partial charge is 0.106 e. The molecule has 0 radical (unpaired) electrons. The first kappa shape index (κ1) is 14.7. The van der Waals surface area contributed by atoms with E-state index < -0.39 is 0 Å². The van der Waals surface area contributed by atoms with Crippen LogP contribution in [-0.2, 0) is 0 Å². The van der Waals surface area contributed by atoms with Gasteiger partial charge in [0.2, 0.25) is 0 Å². The minimum absolute atomic E-state index is 0.476. The molecule has 1 fully saturated rings. The summed E-state index contributed by atoms with van der Waals surface area (Å²) in [5.41, 5.74) is 9.14. The molecular weight excluding hydrogens is 272 g/mol. The second kappa shape index (κ2) is 6.62. The highest BCUT2D eigenvalue weighted by atomic mass is 32.2. The molecule has 0 saturated heterocycles. The van der Waals surface area contributed by atoms with E-state index in [1.807, 2.05) is 23.9 Å². The number of thiocarbonyl (C=S) groups is 1. The van der Waals surface area contributed by atoms with Crippen molar-refractivity contribution in [3.05, 3.63) is 29.3 Å².